The highest BCUT2D eigenvalue weighted by Crippen LogP contribution is 2.08. The van der Waals surface area contributed by atoms with Gasteiger partial charge in [0.1, 0.15) is 0 Å². The van der Waals surface area contributed by atoms with E-state index in [9.17, 15) is 4.79 Å². The number of methoxy groups -OCH3 is 1. The maximum atomic E-state index is 10.4. The molecule has 0 spiro atoms. The van der Waals surface area contributed by atoms with Crippen molar-refractivity contribution in [3.63, 3.8) is 0 Å². The van der Waals surface area contributed by atoms with Crippen LogP contribution >= 0.6 is 0 Å². The first-order chi connectivity index (χ1) is 5.25. The molecular weight excluding hydrogens is 150 g/mol. The van der Waals surface area contributed by atoms with Crippen LogP contribution in [0, 0.1) is 0 Å². The minimum atomic E-state index is -1.13. The lowest BCUT2D eigenvalue weighted by molar-refractivity contribution is 0.0645. The van der Waals surface area contributed by atoms with Gasteiger partial charge in [0.15, 0.2) is 0 Å². The molecule has 1 rings (SSSR count). The molecule has 1 heterocycles. The summed E-state index contributed by atoms with van der Waals surface area (Å²) in [6.45, 7) is 0.200. The van der Waals surface area contributed by atoms with E-state index in [-0.39, 0.29) is 12.4 Å². The van der Waals surface area contributed by atoms with Gasteiger partial charge in [0, 0.05) is 7.11 Å². The molecule has 0 saturated carbocycles. The van der Waals surface area contributed by atoms with Gasteiger partial charge in [0.05, 0.1) is 18.4 Å². The number of carboxylic acid groups (broad SMARTS) is 1. The molecule has 0 bridgehead atoms. The Morgan fingerprint density at radius 3 is 3.18 bits per heavy atom. The highest BCUT2D eigenvalue weighted by atomic mass is 16.5. The van der Waals surface area contributed by atoms with Crippen LogP contribution in [-0.4, -0.2) is 23.3 Å². The van der Waals surface area contributed by atoms with Crippen LogP contribution in [0.4, 0.5) is 0 Å². The Kier molecular flexibility index (Phi) is 2.22. The van der Waals surface area contributed by atoms with Gasteiger partial charge in [-0.25, -0.2) is 4.79 Å². The fourth-order valence-electron chi connectivity index (χ4n) is 0.695. The Hall–Kier alpha value is -1.36. The summed E-state index contributed by atoms with van der Waals surface area (Å²) < 4.78 is 9.16. The van der Waals surface area contributed by atoms with E-state index in [1.54, 1.807) is 0 Å². The fourth-order valence-corrected chi connectivity index (χ4v) is 0.695. The van der Waals surface area contributed by atoms with Crippen LogP contribution < -0.4 is 0 Å². The van der Waals surface area contributed by atoms with E-state index in [0.717, 1.165) is 0 Å². The number of carbonyl (C=O) groups is 1. The van der Waals surface area contributed by atoms with Crippen molar-refractivity contribution < 1.29 is 19.2 Å². The van der Waals surface area contributed by atoms with Crippen molar-refractivity contribution in [3.05, 3.63) is 17.5 Å². The van der Waals surface area contributed by atoms with Crippen LogP contribution in [0.1, 0.15) is 16.1 Å². The van der Waals surface area contributed by atoms with Gasteiger partial charge in [-0.1, -0.05) is 5.16 Å². The normalized spacial score (nSPS) is 9.91. The predicted octanol–water partition coefficient (Wildman–Crippen LogP) is 0.519. The molecule has 0 aromatic carbocycles. The number of ether oxygens (including phenoxy) is 1. The summed E-state index contributed by atoms with van der Waals surface area (Å²) in [7, 11) is 1.47. The van der Waals surface area contributed by atoms with E-state index in [0.29, 0.717) is 5.56 Å². The maximum Gasteiger partial charge on any atom is 0.375 e. The SMILES string of the molecule is COCc1cnoc1C(=O)O. The largest absolute Gasteiger partial charge is 0.475 e. The molecule has 1 aromatic heterocycles. The molecule has 0 unspecified atom stereocenters. The van der Waals surface area contributed by atoms with E-state index in [1.165, 1.54) is 13.3 Å². The topological polar surface area (TPSA) is 72.6 Å². The first-order valence-electron chi connectivity index (χ1n) is 2.91. The quantitative estimate of drug-likeness (QED) is 0.692. The number of rotatable bonds is 3. The van der Waals surface area contributed by atoms with E-state index in [4.69, 9.17) is 9.84 Å². The third-order valence-electron chi connectivity index (χ3n) is 1.14. The van der Waals surface area contributed by atoms with Crippen molar-refractivity contribution in [3.8, 4) is 0 Å². The zero-order valence-electron chi connectivity index (χ0n) is 5.90. The summed E-state index contributed by atoms with van der Waals surface area (Å²) in [4.78, 5) is 10.4. The maximum absolute atomic E-state index is 10.4. The summed E-state index contributed by atoms with van der Waals surface area (Å²) in [6.07, 6.45) is 1.33. The molecule has 0 radical (unpaired) electrons. The van der Waals surface area contributed by atoms with E-state index in [2.05, 4.69) is 9.68 Å². The average molecular weight is 157 g/mol. The van der Waals surface area contributed by atoms with E-state index in [1.807, 2.05) is 0 Å². The molecule has 0 saturated heterocycles. The third-order valence-corrected chi connectivity index (χ3v) is 1.14. The lowest BCUT2D eigenvalue weighted by atomic mass is 10.3. The van der Waals surface area contributed by atoms with Gasteiger partial charge < -0.3 is 14.4 Å². The minimum Gasteiger partial charge on any atom is -0.475 e. The molecule has 0 aliphatic heterocycles. The van der Waals surface area contributed by atoms with Crippen molar-refractivity contribution in [2.45, 2.75) is 6.61 Å². The molecule has 11 heavy (non-hydrogen) atoms. The lowest BCUT2D eigenvalue weighted by Crippen LogP contribution is -1.99. The standard InChI is InChI=1S/C6H7NO4/c1-10-3-4-2-7-11-5(4)6(8)9/h2H,3H2,1H3,(H,8,9). The monoisotopic (exact) mass is 157 g/mol. The molecule has 5 nitrogen and oxygen atoms in total. The molecule has 1 N–H and O–H groups in total. The van der Waals surface area contributed by atoms with Crippen LogP contribution in [0.3, 0.4) is 0 Å². The Bertz CT molecular complexity index is 255. The highest BCUT2D eigenvalue weighted by molar-refractivity contribution is 5.85. The Morgan fingerprint density at radius 1 is 1.91 bits per heavy atom. The van der Waals surface area contributed by atoms with Crippen LogP contribution in [-0.2, 0) is 11.3 Å². The second-order valence-electron chi connectivity index (χ2n) is 1.92. The van der Waals surface area contributed by atoms with Gasteiger partial charge in [-0.2, -0.15) is 0 Å². The summed E-state index contributed by atoms with van der Waals surface area (Å²) in [5, 5.41) is 11.8. The van der Waals surface area contributed by atoms with Gasteiger partial charge in [-0.15, -0.1) is 0 Å². The molecule has 60 valence electrons. The number of carboxylic acids is 1. The highest BCUT2D eigenvalue weighted by Gasteiger charge is 2.14. The Labute approximate surface area is 62.6 Å². The second kappa shape index (κ2) is 3.16. The molecule has 0 fully saturated rings. The minimum absolute atomic E-state index is 0.160. The first kappa shape index (κ1) is 7.74. The summed E-state index contributed by atoms with van der Waals surface area (Å²) in [5.41, 5.74) is 0.444. The number of aromatic carboxylic acids is 1. The average Bonchev–Trinajstić information content (AvgIpc) is 2.36. The fraction of sp³-hybridized carbons (Fsp3) is 0.333. The number of hydrogen-bond acceptors (Lipinski definition) is 4. The van der Waals surface area contributed by atoms with Gasteiger partial charge in [-0.3, -0.25) is 0 Å². The van der Waals surface area contributed by atoms with Gasteiger partial charge in [0.25, 0.3) is 0 Å². The molecular formula is C6H7NO4. The molecule has 1 aromatic rings. The molecule has 5 heteroatoms. The zero-order valence-corrected chi connectivity index (χ0v) is 5.90. The summed E-state index contributed by atoms with van der Waals surface area (Å²) in [5.74, 6) is -1.29. The lowest BCUT2D eigenvalue weighted by Gasteiger charge is -1.92. The smallest absolute Gasteiger partial charge is 0.375 e. The predicted molar refractivity (Wildman–Crippen MR) is 34.2 cm³/mol. The van der Waals surface area contributed by atoms with E-state index >= 15 is 0 Å². The van der Waals surface area contributed by atoms with Crippen molar-refractivity contribution in [1.82, 2.24) is 5.16 Å². The van der Waals surface area contributed by atoms with Crippen LogP contribution in [0.15, 0.2) is 10.7 Å². The number of aromatic nitrogens is 1. The summed E-state index contributed by atoms with van der Waals surface area (Å²) >= 11 is 0. The first-order valence-corrected chi connectivity index (χ1v) is 2.91. The van der Waals surface area contributed by atoms with Crippen LogP contribution in [0.5, 0.6) is 0 Å². The third kappa shape index (κ3) is 1.56. The van der Waals surface area contributed by atoms with Crippen molar-refractivity contribution in [2.75, 3.05) is 7.11 Å². The molecule has 0 atom stereocenters. The number of nitrogens with zero attached hydrogens (tertiary/aromatic N) is 1. The molecule has 0 amide bonds. The van der Waals surface area contributed by atoms with Crippen LogP contribution in [0.2, 0.25) is 0 Å². The Morgan fingerprint density at radius 2 is 2.64 bits per heavy atom. The number of hydrogen-bond donors (Lipinski definition) is 1. The van der Waals surface area contributed by atoms with E-state index < -0.39 is 5.97 Å². The van der Waals surface area contributed by atoms with Gasteiger partial charge in [-0.05, 0) is 0 Å². The van der Waals surface area contributed by atoms with Gasteiger partial charge in [0.2, 0.25) is 5.76 Å². The summed E-state index contributed by atoms with van der Waals surface area (Å²) in [6, 6.07) is 0. The van der Waals surface area contributed by atoms with Crippen LogP contribution in [0.25, 0.3) is 0 Å². The van der Waals surface area contributed by atoms with Crippen molar-refractivity contribution >= 4 is 5.97 Å². The van der Waals surface area contributed by atoms with Crippen molar-refractivity contribution in [1.29, 1.82) is 0 Å². The van der Waals surface area contributed by atoms with Gasteiger partial charge >= 0.3 is 5.97 Å². The molecule has 0 aliphatic rings. The molecule has 0 aliphatic carbocycles. The zero-order chi connectivity index (χ0) is 8.27. The Balaban J connectivity index is 2.87. The van der Waals surface area contributed by atoms with Crippen molar-refractivity contribution in [2.24, 2.45) is 0 Å². The second-order valence-corrected chi connectivity index (χ2v) is 1.92.